The van der Waals surface area contributed by atoms with Gasteiger partial charge in [-0.05, 0) is 30.5 Å². The number of pyridine rings is 1. The molecule has 0 amide bonds. The van der Waals surface area contributed by atoms with Gasteiger partial charge in [0.1, 0.15) is 0 Å². The predicted octanol–water partition coefficient (Wildman–Crippen LogP) is 1.82. The number of benzene rings is 1. The number of aromatic nitrogens is 1. The van der Waals surface area contributed by atoms with E-state index in [1.165, 1.54) is 0 Å². The maximum Gasteiger partial charge on any atom is 0.0994 e. The van der Waals surface area contributed by atoms with E-state index in [1.54, 1.807) is 18.5 Å². The van der Waals surface area contributed by atoms with E-state index in [0.717, 1.165) is 11.1 Å². The van der Waals surface area contributed by atoms with Crippen LogP contribution in [0.3, 0.4) is 0 Å². The summed E-state index contributed by atoms with van der Waals surface area (Å²) in [4.78, 5) is 4.12. The second kappa shape index (κ2) is 7.73. The lowest BCUT2D eigenvalue weighted by Crippen LogP contribution is -2.42. The molecule has 2 aromatic rings. The number of anilines is 1. The van der Waals surface area contributed by atoms with Crippen LogP contribution in [0.1, 0.15) is 24.2 Å². The highest BCUT2D eigenvalue weighted by atomic mass is 16.5. The van der Waals surface area contributed by atoms with Gasteiger partial charge in [-0.25, -0.2) is 0 Å². The van der Waals surface area contributed by atoms with Crippen LogP contribution in [0.5, 0.6) is 0 Å². The Hall–Kier alpha value is -1.95. The largest absolute Gasteiger partial charge is 0.398 e. The molecule has 0 bridgehead atoms. The molecule has 0 spiro atoms. The molecule has 0 saturated heterocycles. The third kappa shape index (κ3) is 4.01. The molecule has 0 radical (unpaired) electrons. The summed E-state index contributed by atoms with van der Waals surface area (Å²) in [6.07, 6.45) is 3.96. The topological polar surface area (TPSA) is 86.2 Å². The minimum absolute atomic E-state index is 0.0844. The lowest BCUT2D eigenvalue weighted by atomic mass is 9.96. The van der Waals surface area contributed by atoms with E-state index >= 15 is 0 Å². The average molecular weight is 286 g/mol. The predicted molar refractivity (Wildman–Crippen MR) is 84.3 cm³/mol. The highest BCUT2D eigenvalue weighted by molar-refractivity contribution is 5.44. The van der Waals surface area contributed by atoms with Crippen molar-refractivity contribution in [2.45, 2.75) is 25.5 Å². The smallest absolute Gasteiger partial charge is 0.0994 e. The van der Waals surface area contributed by atoms with E-state index in [4.69, 9.17) is 16.3 Å². The van der Waals surface area contributed by atoms with Gasteiger partial charge in [-0.1, -0.05) is 30.3 Å². The number of nitrogens with one attached hydrogen (secondary N) is 1. The molecule has 1 aromatic heterocycles. The molecule has 5 nitrogen and oxygen atoms in total. The third-order valence-corrected chi connectivity index (χ3v) is 3.44. The fourth-order valence-electron chi connectivity index (χ4n) is 2.37. The van der Waals surface area contributed by atoms with Gasteiger partial charge in [-0.15, -0.1) is 0 Å². The van der Waals surface area contributed by atoms with Crippen LogP contribution in [0.15, 0.2) is 48.8 Å². The Morgan fingerprint density at radius 1 is 1.24 bits per heavy atom. The van der Waals surface area contributed by atoms with Crippen molar-refractivity contribution in [1.29, 1.82) is 0 Å². The molecular weight excluding hydrogens is 264 g/mol. The molecule has 21 heavy (non-hydrogen) atoms. The summed E-state index contributed by atoms with van der Waals surface area (Å²) in [5.41, 5.74) is 11.6. The van der Waals surface area contributed by atoms with Gasteiger partial charge in [0.25, 0.3) is 0 Å². The van der Waals surface area contributed by atoms with Gasteiger partial charge in [-0.3, -0.25) is 16.3 Å². The summed E-state index contributed by atoms with van der Waals surface area (Å²) in [6.45, 7) is 2.59. The van der Waals surface area contributed by atoms with Crippen molar-refractivity contribution in [3.8, 4) is 0 Å². The first-order valence-corrected chi connectivity index (χ1v) is 7.07. The summed E-state index contributed by atoms with van der Waals surface area (Å²) in [7, 11) is 0. The van der Waals surface area contributed by atoms with Crippen molar-refractivity contribution in [2.75, 3.05) is 12.3 Å². The van der Waals surface area contributed by atoms with E-state index in [2.05, 4.69) is 10.4 Å². The van der Waals surface area contributed by atoms with E-state index in [9.17, 15) is 0 Å². The van der Waals surface area contributed by atoms with Gasteiger partial charge in [0.2, 0.25) is 0 Å². The van der Waals surface area contributed by atoms with Crippen LogP contribution in [-0.2, 0) is 11.2 Å². The van der Waals surface area contributed by atoms with Crippen molar-refractivity contribution in [3.05, 3.63) is 59.9 Å². The number of hydrogen-bond acceptors (Lipinski definition) is 5. The highest BCUT2D eigenvalue weighted by Gasteiger charge is 2.23. The Balaban J connectivity index is 2.22. The average Bonchev–Trinajstić information content (AvgIpc) is 2.53. The van der Waals surface area contributed by atoms with E-state index in [0.29, 0.717) is 18.7 Å². The minimum Gasteiger partial charge on any atom is -0.398 e. The van der Waals surface area contributed by atoms with Crippen LogP contribution >= 0.6 is 0 Å². The number of hydrogen-bond donors (Lipinski definition) is 3. The van der Waals surface area contributed by atoms with Crippen LogP contribution in [-0.4, -0.2) is 17.6 Å². The number of nitrogen functional groups attached to an aromatic ring is 1. The molecule has 0 fully saturated rings. The maximum atomic E-state index is 5.99. The van der Waals surface area contributed by atoms with Crippen LogP contribution in [0.2, 0.25) is 0 Å². The lowest BCUT2D eigenvalue weighted by molar-refractivity contribution is 0.0332. The fraction of sp³-hybridized carbons (Fsp3) is 0.312. The molecular formula is C16H22N4O. The zero-order valence-electron chi connectivity index (χ0n) is 12.2. The summed E-state index contributed by atoms with van der Waals surface area (Å²) in [5.74, 6) is 5.75. The summed E-state index contributed by atoms with van der Waals surface area (Å²) < 4.78 is 5.89. The number of hydrazine groups is 1. The first-order chi connectivity index (χ1) is 10.3. The van der Waals surface area contributed by atoms with Gasteiger partial charge >= 0.3 is 0 Å². The van der Waals surface area contributed by atoms with Crippen molar-refractivity contribution >= 4 is 5.69 Å². The zero-order valence-corrected chi connectivity index (χ0v) is 12.2. The lowest BCUT2D eigenvalue weighted by Gasteiger charge is -2.27. The maximum absolute atomic E-state index is 5.99. The van der Waals surface area contributed by atoms with Crippen LogP contribution in [0.25, 0.3) is 0 Å². The minimum atomic E-state index is -0.138. The second-order valence-corrected chi connectivity index (χ2v) is 4.84. The molecule has 1 heterocycles. The molecule has 0 aliphatic carbocycles. The molecule has 2 rings (SSSR count). The van der Waals surface area contributed by atoms with Crippen molar-refractivity contribution < 1.29 is 4.74 Å². The van der Waals surface area contributed by atoms with E-state index in [-0.39, 0.29) is 12.1 Å². The summed E-state index contributed by atoms with van der Waals surface area (Å²) in [6, 6.07) is 11.8. The zero-order chi connectivity index (χ0) is 15.1. The molecule has 0 aliphatic rings. The number of nitrogens with zero attached hydrogens (tertiary/aromatic N) is 1. The first kappa shape index (κ1) is 15.4. The highest BCUT2D eigenvalue weighted by Crippen LogP contribution is 2.24. The molecule has 2 unspecified atom stereocenters. The van der Waals surface area contributed by atoms with Gasteiger partial charge in [0, 0.05) is 24.7 Å². The van der Waals surface area contributed by atoms with Gasteiger partial charge in [0.15, 0.2) is 0 Å². The van der Waals surface area contributed by atoms with Crippen molar-refractivity contribution in [3.63, 3.8) is 0 Å². The third-order valence-electron chi connectivity index (χ3n) is 3.44. The standard InChI is InChI=1S/C16H22N4O/c1-2-21-16(12-6-4-3-5-7-12)15(20-18)10-13-11-19-9-8-14(13)17/h3-9,11,15-16,20H,2,10,18H2,1H3,(H2,17,19). The van der Waals surface area contributed by atoms with Crippen molar-refractivity contribution in [2.24, 2.45) is 5.84 Å². The fourth-order valence-corrected chi connectivity index (χ4v) is 2.37. The monoisotopic (exact) mass is 286 g/mol. The number of nitrogens with two attached hydrogens (primary N) is 2. The Bertz CT molecular complexity index is 547. The molecule has 0 saturated carbocycles. The molecule has 0 aliphatic heterocycles. The summed E-state index contributed by atoms with van der Waals surface area (Å²) in [5, 5.41) is 0. The Kier molecular flexibility index (Phi) is 5.68. The summed E-state index contributed by atoms with van der Waals surface area (Å²) >= 11 is 0. The molecule has 2 atom stereocenters. The van der Waals surface area contributed by atoms with Crippen LogP contribution in [0.4, 0.5) is 5.69 Å². The Morgan fingerprint density at radius 3 is 2.62 bits per heavy atom. The second-order valence-electron chi connectivity index (χ2n) is 4.84. The van der Waals surface area contributed by atoms with Crippen LogP contribution in [0, 0.1) is 0 Å². The molecule has 1 aromatic carbocycles. The first-order valence-electron chi connectivity index (χ1n) is 7.07. The van der Waals surface area contributed by atoms with E-state index < -0.39 is 0 Å². The SMILES string of the molecule is CCOC(c1ccccc1)C(Cc1cnccc1N)NN. The normalized spacial score (nSPS) is 13.8. The number of ether oxygens (including phenoxy) is 1. The quantitative estimate of drug-likeness (QED) is 0.534. The Labute approximate surface area is 125 Å². The van der Waals surface area contributed by atoms with E-state index in [1.807, 2.05) is 37.3 Å². The van der Waals surface area contributed by atoms with Crippen molar-refractivity contribution in [1.82, 2.24) is 10.4 Å². The number of rotatable bonds is 7. The van der Waals surface area contributed by atoms with Gasteiger partial charge in [-0.2, -0.15) is 0 Å². The molecule has 5 heteroatoms. The Morgan fingerprint density at radius 2 is 2.00 bits per heavy atom. The molecule has 5 N–H and O–H groups in total. The van der Waals surface area contributed by atoms with Gasteiger partial charge < -0.3 is 10.5 Å². The van der Waals surface area contributed by atoms with Gasteiger partial charge in [0.05, 0.1) is 12.1 Å². The molecule has 112 valence electrons. The van der Waals surface area contributed by atoms with Crippen LogP contribution < -0.4 is 17.0 Å².